The molecule has 7 heavy (non-hydrogen) atoms. The highest BCUT2D eigenvalue weighted by molar-refractivity contribution is 4.95. The van der Waals surface area contributed by atoms with E-state index in [9.17, 15) is 0 Å². The Hall–Kier alpha value is -0.760. The van der Waals surface area contributed by atoms with Gasteiger partial charge in [-0.1, -0.05) is 0 Å². The first-order chi connectivity index (χ1) is 3.80. The van der Waals surface area contributed by atoms with E-state index < -0.39 is 6.58 Å². The van der Waals surface area contributed by atoms with Crippen molar-refractivity contribution in [2.24, 2.45) is 0 Å². The number of hydrogen-bond acceptors (Lipinski definition) is 2. The molecule has 0 spiro atoms. The van der Waals surface area contributed by atoms with Gasteiger partial charge in [0.2, 0.25) is 0 Å². The van der Waals surface area contributed by atoms with Crippen molar-refractivity contribution in [1.29, 1.82) is 0 Å². The molecule has 1 atom stereocenters. The molecule has 0 saturated heterocycles. The summed E-state index contributed by atoms with van der Waals surface area (Å²) in [6.45, 7) is -1.23. The van der Waals surface area contributed by atoms with Gasteiger partial charge in [0.1, 0.15) is 12.3 Å². The highest BCUT2D eigenvalue weighted by Crippen LogP contribution is 1.96. The molecule has 0 saturated carbocycles. The number of aliphatic hydroxyl groups is 1. The second-order valence-corrected chi connectivity index (χ2v) is 1.14. The van der Waals surface area contributed by atoms with Crippen LogP contribution in [0.5, 0.6) is 0 Å². The van der Waals surface area contributed by atoms with E-state index in [0.717, 1.165) is 0 Å². The van der Waals surface area contributed by atoms with Crippen LogP contribution in [0.25, 0.3) is 0 Å². The summed E-state index contributed by atoms with van der Waals surface area (Å²) in [6, 6.07) is 3.19. The van der Waals surface area contributed by atoms with Crippen molar-refractivity contribution in [3.63, 3.8) is 0 Å². The van der Waals surface area contributed by atoms with E-state index in [2.05, 4.69) is 4.42 Å². The predicted octanol–water partition coefficient (Wildman–Crippen LogP) is 0.772. The Labute approximate surface area is 42.8 Å². The third-order valence-corrected chi connectivity index (χ3v) is 0.670. The Morgan fingerprint density at radius 2 is 2.86 bits per heavy atom. The quantitative estimate of drug-likeness (QED) is 0.564. The number of furan rings is 1. The zero-order chi connectivity index (χ0) is 5.98. The molecule has 0 fully saturated rings. The molecule has 0 aliphatic heterocycles. The Balaban J connectivity index is 2.77. The minimum atomic E-state index is -1.23. The summed E-state index contributed by atoms with van der Waals surface area (Å²) in [6.07, 6.45) is 1.42. The van der Waals surface area contributed by atoms with Crippen LogP contribution in [0.4, 0.5) is 0 Å². The lowest BCUT2D eigenvalue weighted by Gasteiger charge is -1.79. The summed E-state index contributed by atoms with van der Waals surface area (Å²) < 4.78 is 11.4. The molecule has 0 radical (unpaired) electrons. The fraction of sp³-hybridized carbons (Fsp3) is 0.200. The normalized spacial score (nSPS) is 15.9. The van der Waals surface area contributed by atoms with Gasteiger partial charge in [-0.25, -0.2) is 0 Å². The first-order valence-electron chi connectivity index (χ1n) is 2.52. The molecule has 0 aliphatic rings. The molecule has 2 heteroatoms. The Bertz CT molecular complexity index is 145. The van der Waals surface area contributed by atoms with Crippen LogP contribution in [-0.2, 0) is 6.58 Å². The summed E-state index contributed by atoms with van der Waals surface area (Å²) in [4.78, 5) is 0. The number of aliphatic hydroxyl groups excluding tert-OH is 1. The SMILES string of the molecule is [2H][C@H](O)c1ccco1. The minimum Gasteiger partial charge on any atom is -0.467 e. The molecule has 38 valence electrons. The van der Waals surface area contributed by atoms with Gasteiger partial charge in [-0.3, -0.25) is 0 Å². The second kappa shape index (κ2) is 1.80. The number of rotatable bonds is 1. The Kier molecular flexibility index (Phi) is 0.839. The standard InChI is InChI=1S/C5H6O2/c6-4-5-2-1-3-7-5/h1-3,6H,4H2/i4D/t4-/m0/s1. The zero-order valence-corrected chi connectivity index (χ0v) is 3.66. The van der Waals surface area contributed by atoms with Crippen LogP contribution in [-0.4, -0.2) is 5.11 Å². The number of hydrogen-bond donors (Lipinski definition) is 1. The van der Waals surface area contributed by atoms with Crippen LogP contribution >= 0.6 is 0 Å². The molecule has 1 aromatic heterocycles. The summed E-state index contributed by atoms with van der Waals surface area (Å²) in [5.41, 5.74) is 0. The van der Waals surface area contributed by atoms with Gasteiger partial charge in [0.05, 0.1) is 7.63 Å². The lowest BCUT2D eigenvalue weighted by molar-refractivity contribution is 0.247. The Morgan fingerprint density at radius 3 is 3.14 bits per heavy atom. The van der Waals surface area contributed by atoms with E-state index in [4.69, 9.17) is 6.48 Å². The van der Waals surface area contributed by atoms with Crippen molar-refractivity contribution in [2.75, 3.05) is 0 Å². The van der Waals surface area contributed by atoms with E-state index >= 15 is 0 Å². The van der Waals surface area contributed by atoms with Gasteiger partial charge in [0.15, 0.2) is 0 Å². The molecule has 0 aromatic carbocycles. The van der Waals surface area contributed by atoms with Gasteiger partial charge >= 0.3 is 0 Å². The van der Waals surface area contributed by atoms with Gasteiger partial charge < -0.3 is 9.52 Å². The van der Waals surface area contributed by atoms with Crippen LogP contribution in [0.15, 0.2) is 22.8 Å². The molecule has 1 N–H and O–H groups in total. The monoisotopic (exact) mass is 99.0 g/mol. The van der Waals surface area contributed by atoms with E-state index in [1.165, 1.54) is 6.26 Å². The fourth-order valence-electron chi connectivity index (χ4n) is 0.365. The average molecular weight is 99.1 g/mol. The Morgan fingerprint density at radius 1 is 2.00 bits per heavy atom. The van der Waals surface area contributed by atoms with Gasteiger partial charge in [-0.05, 0) is 12.1 Å². The molecular formula is C5H6O2. The summed E-state index contributed by atoms with van der Waals surface area (Å²) in [5, 5.41) is 8.49. The maximum absolute atomic E-state index is 8.49. The molecule has 1 aromatic rings. The molecule has 0 unspecified atom stereocenters. The van der Waals surface area contributed by atoms with Gasteiger partial charge in [-0.2, -0.15) is 0 Å². The molecular weight excluding hydrogens is 92.1 g/mol. The fourth-order valence-corrected chi connectivity index (χ4v) is 0.365. The van der Waals surface area contributed by atoms with Gasteiger partial charge in [0.25, 0.3) is 0 Å². The van der Waals surface area contributed by atoms with Crippen molar-refractivity contribution in [1.82, 2.24) is 0 Å². The predicted molar refractivity (Wildman–Crippen MR) is 24.6 cm³/mol. The first kappa shape index (κ1) is 3.27. The molecule has 0 aliphatic carbocycles. The summed E-state index contributed by atoms with van der Waals surface area (Å²) in [5.74, 6) is 0.282. The zero-order valence-electron chi connectivity index (χ0n) is 4.66. The highest BCUT2D eigenvalue weighted by Gasteiger charge is 1.85. The first-order valence-corrected chi connectivity index (χ1v) is 1.94. The molecule has 1 heterocycles. The summed E-state index contributed by atoms with van der Waals surface area (Å²) in [7, 11) is 0. The van der Waals surface area contributed by atoms with E-state index in [-0.39, 0.29) is 5.76 Å². The van der Waals surface area contributed by atoms with Gasteiger partial charge in [0, 0.05) is 0 Å². The third kappa shape index (κ3) is 0.810. The maximum atomic E-state index is 8.49. The lowest BCUT2D eigenvalue weighted by Crippen LogP contribution is -1.72. The third-order valence-electron chi connectivity index (χ3n) is 0.670. The highest BCUT2D eigenvalue weighted by atomic mass is 16.4. The van der Waals surface area contributed by atoms with Crippen molar-refractivity contribution < 1.29 is 10.9 Å². The van der Waals surface area contributed by atoms with Crippen molar-refractivity contribution >= 4 is 0 Å². The maximum Gasteiger partial charge on any atom is 0.129 e. The van der Waals surface area contributed by atoms with Crippen molar-refractivity contribution in [3.8, 4) is 0 Å². The van der Waals surface area contributed by atoms with Gasteiger partial charge in [-0.15, -0.1) is 0 Å². The average Bonchev–Trinajstić information content (AvgIpc) is 2.12. The van der Waals surface area contributed by atoms with Crippen molar-refractivity contribution in [3.05, 3.63) is 24.2 Å². The van der Waals surface area contributed by atoms with Crippen LogP contribution in [0.1, 0.15) is 7.13 Å². The van der Waals surface area contributed by atoms with E-state index in [1.807, 2.05) is 0 Å². The van der Waals surface area contributed by atoms with Crippen LogP contribution < -0.4 is 0 Å². The largest absolute Gasteiger partial charge is 0.467 e. The molecule has 0 amide bonds. The second-order valence-electron chi connectivity index (χ2n) is 1.14. The molecule has 1 rings (SSSR count). The van der Waals surface area contributed by atoms with E-state index in [0.29, 0.717) is 0 Å². The van der Waals surface area contributed by atoms with Crippen LogP contribution in [0.3, 0.4) is 0 Å². The van der Waals surface area contributed by atoms with E-state index in [1.54, 1.807) is 12.1 Å². The van der Waals surface area contributed by atoms with Crippen molar-refractivity contribution in [2.45, 2.75) is 6.58 Å². The summed E-state index contributed by atoms with van der Waals surface area (Å²) >= 11 is 0. The minimum absolute atomic E-state index is 0.282. The molecule has 2 nitrogen and oxygen atoms in total. The van der Waals surface area contributed by atoms with Crippen LogP contribution in [0.2, 0.25) is 0 Å². The smallest absolute Gasteiger partial charge is 0.129 e. The molecule has 0 bridgehead atoms. The lowest BCUT2D eigenvalue weighted by atomic mass is 10.5. The van der Waals surface area contributed by atoms with Crippen LogP contribution in [0, 0.1) is 0 Å². The topological polar surface area (TPSA) is 33.4 Å².